The fourth-order valence-corrected chi connectivity index (χ4v) is 2.18. The van der Waals surface area contributed by atoms with E-state index in [1.165, 1.54) is 18.2 Å². The van der Waals surface area contributed by atoms with E-state index >= 15 is 0 Å². The van der Waals surface area contributed by atoms with Gasteiger partial charge in [0.1, 0.15) is 0 Å². The zero-order chi connectivity index (χ0) is 17.1. The molecule has 0 saturated carbocycles. The molecule has 1 aromatic heterocycles. The van der Waals surface area contributed by atoms with Crippen LogP contribution in [0.1, 0.15) is 32.1 Å². The third-order valence-corrected chi connectivity index (χ3v) is 3.70. The van der Waals surface area contributed by atoms with E-state index in [-0.39, 0.29) is 17.0 Å². The Bertz CT molecular complexity index is 792. The highest BCUT2D eigenvalue weighted by Crippen LogP contribution is 2.16. The molecule has 1 aromatic carbocycles. The lowest BCUT2D eigenvalue weighted by atomic mass is 10.1. The molecular weight excluding hydrogens is 300 g/mol. The summed E-state index contributed by atoms with van der Waals surface area (Å²) in [6, 6.07) is 6.92. The van der Waals surface area contributed by atoms with Gasteiger partial charge in [-0.15, -0.1) is 0 Å². The number of rotatable bonds is 5. The minimum Gasteiger partial charge on any atom is -0.454 e. The molecule has 0 radical (unpaired) electrons. The number of carbonyl (C=O) groups is 2. The molecule has 0 bridgehead atoms. The van der Waals surface area contributed by atoms with Gasteiger partial charge in [0.15, 0.2) is 6.61 Å². The van der Waals surface area contributed by atoms with Gasteiger partial charge in [-0.25, -0.2) is 4.79 Å². The number of ketones is 1. The lowest BCUT2D eigenvalue weighted by molar-refractivity contribution is -0.384. The van der Waals surface area contributed by atoms with Crippen molar-refractivity contribution in [2.24, 2.45) is 7.05 Å². The number of aryl methyl sites for hydroxylation is 1. The van der Waals surface area contributed by atoms with Gasteiger partial charge >= 0.3 is 5.97 Å². The zero-order valence-corrected chi connectivity index (χ0v) is 13.0. The second-order valence-electron chi connectivity index (χ2n) is 5.15. The summed E-state index contributed by atoms with van der Waals surface area (Å²) in [7, 11) is 1.84. The third-order valence-electron chi connectivity index (χ3n) is 3.70. The Morgan fingerprint density at radius 3 is 2.52 bits per heavy atom. The van der Waals surface area contributed by atoms with Gasteiger partial charge in [-0.05, 0) is 26.0 Å². The van der Waals surface area contributed by atoms with E-state index in [9.17, 15) is 19.7 Å². The first-order valence-corrected chi connectivity index (χ1v) is 6.89. The van der Waals surface area contributed by atoms with E-state index in [0.29, 0.717) is 5.56 Å². The van der Waals surface area contributed by atoms with E-state index in [1.54, 1.807) is 6.07 Å². The zero-order valence-electron chi connectivity index (χ0n) is 13.0. The second-order valence-corrected chi connectivity index (χ2v) is 5.15. The molecule has 2 aromatic rings. The van der Waals surface area contributed by atoms with Crippen molar-refractivity contribution in [3.63, 3.8) is 0 Å². The Kier molecular flexibility index (Phi) is 4.59. The van der Waals surface area contributed by atoms with E-state index in [0.717, 1.165) is 17.5 Å². The fourth-order valence-electron chi connectivity index (χ4n) is 2.18. The number of aromatic nitrogens is 1. The molecule has 0 spiro atoms. The number of carbonyl (C=O) groups excluding carboxylic acids is 2. The fraction of sp³-hybridized carbons (Fsp3) is 0.250. The van der Waals surface area contributed by atoms with Crippen LogP contribution in [-0.2, 0) is 11.8 Å². The van der Waals surface area contributed by atoms with Crippen molar-refractivity contribution < 1.29 is 19.2 Å². The minimum atomic E-state index is -0.771. The molecule has 0 saturated heterocycles. The molecule has 23 heavy (non-hydrogen) atoms. The second kappa shape index (κ2) is 6.43. The first-order chi connectivity index (χ1) is 10.8. The van der Waals surface area contributed by atoms with Crippen LogP contribution in [0.3, 0.4) is 0 Å². The summed E-state index contributed by atoms with van der Waals surface area (Å²) < 4.78 is 6.83. The van der Waals surface area contributed by atoms with Gasteiger partial charge in [0, 0.05) is 36.1 Å². The highest BCUT2D eigenvalue weighted by Gasteiger charge is 2.17. The first-order valence-electron chi connectivity index (χ1n) is 6.89. The number of hydrogen-bond donors (Lipinski definition) is 0. The molecule has 2 rings (SSSR count). The monoisotopic (exact) mass is 316 g/mol. The Balaban J connectivity index is 2.07. The molecule has 1 heterocycles. The Hall–Kier alpha value is -2.96. The van der Waals surface area contributed by atoms with Crippen LogP contribution in [0.15, 0.2) is 30.3 Å². The van der Waals surface area contributed by atoms with Crippen LogP contribution >= 0.6 is 0 Å². The van der Waals surface area contributed by atoms with Gasteiger partial charge in [0.05, 0.1) is 10.5 Å². The van der Waals surface area contributed by atoms with Crippen LogP contribution in [0.5, 0.6) is 0 Å². The predicted molar refractivity (Wildman–Crippen MR) is 82.6 cm³/mol. The number of esters is 1. The van der Waals surface area contributed by atoms with Crippen molar-refractivity contribution in [1.29, 1.82) is 0 Å². The molecule has 0 unspecified atom stereocenters. The highest BCUT2D eigenvalue weighted by molar-refractivity contribution is 6.00. The molecule has 0 aliphatic heterocycles. The summed E-state index contributed by atoms with van der Waals surface area (Å²) in [5.74, 6) is -1.09. The normalized spacial score (nSPS) is 10.4. The number of nitro benzene ring substituents is 1. The summed E-state index contributed by atoms with van der Waals surface area (Å²) in [6.07, 6.45) is 0. The maximum Gasteiger partial charge on any atom is 0.338 e. The largest absolute Gasteiger partial charge is 0.454 e. The van der Waals surface area contributed by atoms with E-state index in [2.05, 4.69) is 0 Å². The third kappa shape index (κ3) is 3.45. The quantitative estimate of drug-likeness (QED) is 0.366. The molecule has 0 aliphatic carbocycles. The van der Waals surface area contributed by atoms with Gasteiger partial charge in [-0.3, -0.25) is 14.9 Å². The number of hydrogen-bond acceptors (Lipinski definition) is 5. The van der Waals surface area contributed by atoms with Crippen LogP contribution in [0, 0.1) is 24.0 Å². The van der Waals surface area contributed by atoms with Crippen molar-refractivity contribution in [2.45, 2.75) is 13.8 Å². The molecular formula is C16H16N2O5. The molecule has 0 fully saturated rings. The number of nitrogens with zero attached hydrogens (tertiary/aromatic N) is 2. The molecule has 7 nitrogen and oxygen atoms in total. The topological polar surface area (TPSA) is 91.4 Å². The average molecular weight is 316 g/mol. The van der Waals surface area contributed by atoms with Gasteiger partial charge in [-0.1, -0.05) is 6.07 Å². The average Bonchev–Trinajstić information content (AvgIpc) is 2.80. The smallest absolute Gasteiger partial charge is 0.338 e. The van der Waals surface area contributed by atoms with Crippen molar-refractivity contribution in [3.8, 4) is 0 Å². The van der Waals surface area contributed by atoms with Gasteiger partial charge < -0.3 is 9.30 Å². The van der Waals surface area contributed by atoms with Crippen LogP contribution < -0.4 is 0 Å². The lowest BCUT2D eigenvalue weighted by Gasteiger charge is -2.05. The number of Topliss-reactive ketones (excluding diaryl/α,β-unsaturated/α-hetero) is 1. The number of benzene rings is 1. The minimum absolute atomic E-state index is 0.0352. The van der Waals surface area contributed by atoms with E-state index in [1.807, 2.05) is 25.5 Å². The molecule has 0 aliphatic rings. The van der Waals surface area contributed by atoms with Crippen LogP contribution in [0.4, 0.5) is 5.69 Å². The number of nitro groups is 1. The molecule has 0 atom stereocenters. The maximum absolute atomic E-state index is 12.1. The van der Waals surface area contributed by atoms with Gasteiger partial charge in [0.25, 0.3) is 5.69 Å². The van der Waals surface area contributed by atoms with Crippen LogP contribution in [-0.4, -0.2) is 27.8 Å². The highest BCUT2D eigenvalue weighted by atomic mass is 16.6. The van der Waals surface area contributed by atoms with Crippen LogP contribution in [0.25, 0.3) is 0 Å². The number of non-ortho nitro benzene ring substituents is 1. The van der Waals surface area contributed by atoms with Gasteiger partial charge in [-0.2, -0.15) is 0 Å². The molecule has 0 N–H and O–H groups in total. The lowest BCUT2D eigenvalue weighted by Crippen LogP contribution is -2.15. The standard InChI is InChI=1S/C16H16N2O5/c1-10-7-14(11(2)17(10)3)15(19)9-23-16(20)12-5-4-6-13(8-12)18(21)22/h4-8H,9H2,1-3H3. The molecule has 120 valence electrons. The number of ether oxygens (including phenoxy) is 1. The summed E-state index contributed by atoms with van der Waals surface area (Å²) in [5, 5.41) is 10.7. The van der Waals surface area contributed by atoms with Crippen molar-refractivity contribution >= 4 is 17.4 Å². The molecule has 7 heteroatoms. The van der Waals surface area contributed by atoms with Crippen LogP contribution in [0.2, 0.25) is 0 Å². The first kappa shape index (κ1) is 16.4. The van der Waals surface area contributed by atoms with Crippen molar-refractivity contribution in [1.82, 2.24) is 4.57 Å². The predicted octanol–water partition coefficient (Wildman–Crippen LogP) is 2.59. The summed E-state index contributed by atoms with van der Waals surface area (Å²) >= 11 is 0. The molecule has 0 amide bonds. The van der Waals surface area contributed by atoms with Gasteiger partial charge in [0.2, 0.25) is 5.78 Å². The van der Waals surface area contributed by atoms with Crippen molar-refractivity contribution in [3.05, 3.63) is 63.0 Å². The summed E-state index contributed by atoms with van der Waals surface area (Å²) in [6.45, 7) is 3.27. The van der Waals surface area contributed by atoms with E-state index < -0.39 is 17.5 Å². The Labute approximate surface area is 132 Å². The maximum atomic E-state index is 12.1. The van der Waals surface area contributed by atoms with Crippen molar-refractivity contribution in [2.75, 3.05) is 6.61 Å². The Morgan fingerprint density at radius 2 is 1.96 bits per heavy atom. The Morgan fingerprint density at radius 1 is 1.26 bits per heavy atom. The summed E-state index contributed by atoms with van der Waals surface area (Å²) in [5.41, 5.74) is 2.04. The van der Waals surface area contributed by atoms with E-state index in [4.69, 9.17) is 4.74 Å². The SMILES string of the molecule is Cc1cc(C(=O)COC(=O)c2cccc([N+](=O)[O-])c2)c(C)n1C. The summed E-state index contributed by atoms with van der Waals surface area (Å²) in [4.78, 5) is 34.1.